The van der Waals surface area contributed by atoms with Crippen LogP contribution in [0.25, 0.3) is 0 Å². The first-order chi connectivity index (χ1) is 10.1. The van der Waals surface area contributed by atoms with Gasteiger partial charge in [0.25, 0.3) is 0 Å². The highest BCUT2D eigenvalue weighted by molar-refractivity contribution is 6.30. The molecule has 0 aromatic heterocycles. The number of benzene rings is 1. The third-order valence-corrected chi connectivity index (χ3v) is 5.11. The fourth-order valence-corrected chi connectivity index (χ4v) is 3.66. The normalized spacial score (nSPS) is 26.9. The Morgan fingerprint density at radius 2 is 2.24 bits per heavy atom. The van der Waals surface area contributed by atoms with Crippen LogP contribution in [-0.4, -0.2) is 29.5 Å². The minimum Gasteiger partial charge on any atom is -0.488 e. The van der Waals surface area contributed by atoms with Gasteiger partial charge in [-0.2, -0.15) is 0 Å². The minimum atomic E-state index is -0.467. The Labute approximate surface area is 131 Å². The van der Waals surface area contributed by atoms with Crippen LogP contribution >= 0.6 is 11.6 Å². The summed E-state index contributed by atoms with van der Waals surface area (Å²) in [5, 5.41) is 11.3. The van der Waals surface area contributed by atoms with E-state index in [1.165, 1.54) is 6.42 Å². The number of rotatable bonds is 4. The smallest absolute Gasteiger partial charge is 0.122 e. The summed E-state index contributed by atoms with van der Waals surface area (Å²) >= 11 is 5.96. The Bertz CT molecular complexity index is 487. The van der Waals surface area contributed by atoms with Crippen molar-refractivity contribution in [3.63, 3.8) is 0 Å². The molecule has 0 amide bonds. The van der Waals surface area contributed by atoms with Crippen molar-refractivity contribution in [1.29, 1.82) is 0 Å². The average Bonchev–Trinajstić information content (AvgIpc) is 2.45. The molecule has 3 rings (SSSR count). The molecule has 1 aromatic rings. The van der Waals surface area contributed by atoms with E-state index in [9.17, 15) is 5.11 Å². The van der Waals surface area contributed by atoms with Gasteiger partial charge in [-0.1, -0.05) is 17.7 Å². The highest BCUT2D eigenvalue weighted by atomic mass is 35.5. The molecule has 1 saturated carbocycles. The van der Waals surface area contributed by atoms with Gasteiger partial charge in [-0.15, -0.1) is 0 Å². The SMILES string of the molecule is CC(Oc1cccc(Cl)c1)C(O)C1CCOC2(CCC2)C1. The van der Waals surface area contributed by atoms with Crippen molar-refractivity contribution in [2.24, 2.45) is 5.92 Å². The third-order valence-electron chi connectivity index (χ3n) is 4.88. The zero-order valence-electron chi connectivity index (χ0n) is 12.4. The summed E-state index contributed by atoms with van der Waals surface area (Å²) in [7, 11) is 0. The summed E-state index contributed by atoms with van der Waals surface area (Å²) in [6.45, 7) is 2.68. The van der Waals surface area contributed by atoms with E-state index in [0.29, 0.717) is 10.8 Å². The molecule has 2 aliphatic rings. The van der Waals surface area contributed by atoms with Gasteiger partial charge in [0.05, 0.1) is 11.7 Å². The third kappa shape index (κ3) is 3.36. The van der Waals surface area contributed by atoms with Crippen molar-refractivity contribution in [2.45, 2.75) is 56.8 Å². The van der Waals surface area contributed by atoms with E-state index in [4.69, 9.17) is 21.1 Å². The van der Waals surface area contributed by atoms with Gasteiger partial charge in [0, 0.05) is 11.6 Å². The Balaban J connectivity index is 1.60. The number of aliphatic hydroxyl groups excluding tert-OH is 1. The van der Waals surface area contributed by atoms with E-state index in [1.54, 1.807) is 6.07 Å². The summed E-state index contributed by atoms with van der Waals surface area (Å²) in [6, 6.07) is 7.32. The minimum absolute atomic E-state index is 0.0552. The summed E-state index contributed by atoms with van der Waals surface area (Å²) in [4.78, 5) is 0. The summed E-state index contributed by atoms with van der Waals surface area (Å²) in [5.74, 6) is 0.965. The molecule has 0 bridgehead atoms. The van der Waals surface area contributed by atoms with Crippen molar-refractivity contribution >= 4 is 11.6 Å². The lowest BCUT2D eigenvalue weighted by molar-refractivity contribution is -0.163. The zero-order chi connectivity index (χ0) is 14.9. The van der Waals surface area contributed by atoms with Gasteiger partial charge in [-0.3, -0.25) is 0 Å². The molecule has 21 heavy (non-hydrogen) atoms. The zero-order valence-corrected chi connectivity index (χ0v) is 13.2. The number of aliphatic hydroxyl groups is 1. The fourth-order valence-electron chi connectivity index (χ4n) is 3.48. The monoisotopic (exact) mass is 310 g/mol. The second kappa shape index (κ2) is 6.15. The lowest BCUT2D eigenvalue weighted by Gasteiger charge is -2.48. The molecular formula is C17H23ClO3. The van der Waals surface area contributed by atoms with Crippen molar-refractivity contribution < 1.29 is 14.6 Å². The second-order valence-corrected chi connectivity index (χ2v) is 6.85. The van der Waals surface area contributed by atoms with Crippen LogP contribution in [0.3, 0.4) is 0 Å². The largest absolute Gasteiger partial charge is 0.488 e. The molecule has 1 N–H and O–H groups in total. The topological polar surface area (TPSA) is 38.7 Å². The van der Waals surface area contributed by atoms with Crippen molar-refractivity contribution in [2.75, 3.05) is 6.61 Å². The van der Waals surface area contributed by atoms with Crippen LogP contribution in [0.5, 0.6) is 5.75 Å². The lowest BCUT2D eigenvalue weighted by Crippen LogP contribution is -2.49. The number of hydrogen-bond donors (Lipinski definition) is 1. The molecule has 3 atom stereocenters. The predicted molar refractivity (Wildman–Crippen MR) is 82.8 cm³/mol. The van der Waals surface area contributed by atoms with Crippen LogP contribution in [0.4, 0.5) is 0 Å². The lowest BCUT2D eigenvalue weighted by atomic mass is 9.70. The van der Waals surface area contributed by atoms with Crippen LogP contribution in [0.15, 0.2) is 24.3 Å². The van der Waals surface area contributed by atoms with Gasteiger partial charge in [0.15, 0.2) is 0 Å². The highest BCUT2D eigenvalue weighted by Crippen LogP contribution is 2.45. The Morgan fingerprint density at radius 1 is 1.43 bits per heavy atom. The summed E-state index contributed by atoms with van der Waals surface area (Å²) in [5.41, 5.74) is 0.0552. The maximum absolute atomic E-state index is 10.6. The van der Waals surface area contributed by atoms with Gasteiger partial charge >= 0.3 is 0 Å². The highest BCUT2D eigenvalue weighted by Gasteiger charge is 2.45. The first kappa shape index (κ1) is 15.1. The maximum Gasteiger partial charge on any atom is 0.122 e. The van der Waals surface area contributed by atoms with Crippen molar-refractivity contribution in [3.8, 4) is 5.75 Å². The first-order valence-electron chi connectivity index (χ1n) is 7.82. The molecule has 116 valence electrons. The van der Waals surface area contributed by atoms with E-state index in [1.807, 2.05) is 25.1 Å². The standard InChI is InChI=1S/C17H23ClO3/c1-12(21-15-5-2-4-14(18)10-15)16(19)13-6-9-20-17(11-13)7-3-8-17/h2,4-5,10,12-13,16,19H,3,6-9,11H2,1H3. The first-order valence-corrected chi connectivity index (χ1v) is 8.20. The molecule has 2 fully saturated rings. The van der Waals surface area contributed by atoms with Crippen molar-refractivity contribution in [1.82, 2.24) is 0 Å². The number of ether oxygens (including phenoxy) is 2. The summed E-state index contributed by atoms with van der Waals surface area (Å²) in [6.07, 6.45) is 4.68. The van der Waals surface area contributed by atoms with E-state index < -0.39 is 6.10 Å². The van der Waals surface area contributed by atoms with Crippen LogP contribution in [0.2, 0.25) is 5.02 Å². The van der Waals surface area contributed by atoms with Crippen LogP contribution in [-0.2, 0) is 4.74 Å². The number of halogens is 1. The quantitative estimate of drug-likeness (QED) is 0.919. The number of hydrogen-bond acceptors (Lipinski definition) is 3. The molecule has 3 unspecified atom stereocenters. The Morgan fingerprint density at radius 3 is 2.90 bits per heavy atom. The molecule has 0 radical (unpaired) electrons. The van der Waals surface area contributed by atoms with Crippen LogP contribution in [0, 0.1) is 5.92 Å². The molecule has 4 heteroatoms. The van der Waals surface area contributed by atoms with E-state index in [2.05, 4.69) is 0 Å². The molecule has 1 aliphatic heterocycles. The molecule has 1 spiro atoms. The molecule has 1 aromatic carbocycles. The average molecular weight is 311 g/mol. The second-order valence-electron chi connectivity index (χ2n) is 6.41. The van der Waals surface area contributed by atoms with Gasteiger partial charge in [-0.05, 0) is 63.1 Å². The Hall–Kier alpha value is -0.770. The predicted octanol–water partition coefficient (Wildman–Crippen LogP) is 3.82. The molecule has 3 nitrogen and oxygen atoms in total. The van der Waals surface area contributed by atoms with Crippen molar-refractivity contribution in [3.05, 3.63) is 29.3 Å². The summed E-state index contributed by atoms with van der Waals surface area (Å²) < 4.78 is 11.8. The van der Waals surface area contributed by atoms with E-state index in [0.717, 1.165) is 32.3 Å². The fraction of sp³-hybridized carbons (Fsp3) is 0.647. The molecular weight excluding hydrogens is 288 g/mol. The van der Waals surface area contributed by atoms with E-state index in [-0.39, 0.29) is 17.6 Å². The van der Waals surface area contributed by atoms with Gasteiger partial charge in [0.1, 0.15) is 11.9 Å². The van der Waals surface area contributed by atoms with Crippen LogP contribution in [0.1, 0.15) is 39.0 Å². The van der Waals surface area contributed by atoms with Gasteiger partial charge < -0.3 is 14.6 Å². The van der Waals surface area contributed by atoms with Gasteiger partial charge in [-0.25, -0.2) is 0 Å². The van der Waals surface area contributed by atoms with E-state index >= 15 is 0 Å². The molecule has 1 aliphatic carbocycles. The van der Waals surface area contributed by atoms with Gasteiger partial charge in [0.2, 0.25) is 0 Å². The van der Waals surface area contributed by atoms with Crippen LogP contribution < -0.4 is 4.74 Å². The molecule has 1 saturated heterocycles. The molecule has 1 heterocycles. The maximum atomic E-state index is 10.6. The Kier molecular flexibility index (Phi) is 4.43.